The maximum Gasteiger partial charge on any atom is 0.268 e. The molecule has 17 heavy (non-hydrogen) atoms. The van der Waals surface area contributed by atoms with Gasteiger partial charge in [-0.15, -0.1) is 0 Å². The molecule has 2 aromatic rings. The van der Waals surface area contributed by atoms with Crippen LogP contribution in [0.4, 0.5) is 0 Å². The average Bonchev–Trinajstić information content (AvgIpc) is 2.64. The third-order valence-corrected chi connectivity index (χ3v) is 3.54. The van der Waals surface area contributed by atoms with Crippen LogP contribution in [0.3, 0.4) is 0 Å². The van der Waals surface area contributed by atoms with Gasteiger partial charge >= 0.3 is 0 Å². The summed E-state index contributed by atoms with van der Waals surface area (Å²) in [4.78, 5) is 11.9. The summed E-state index contributed by atoms with van der Waals surface area (Å²) in [6.45, 7) is 7.05. The van der Waals surface area contributed by atoms with Crippen molar-refractivity contribution in [1.82, 2.24) is 9.88 Å². The van der Waals surface area contributed by atoms with Crippen LogP contribution in [0.2, 0.25) is 0 Å². The van der Waals surface area contributed by atoms with Gasteiger partial charge in [0.05, 0.1) is 0 Å². The van der Waals surface area contributed by atoms with Crippen LogP contribution >= 0.6 is 0 Å². The van der Waals surface area contributed by atoms with Gasteiger partial charge in [-0.05, 0) is 44.0 Å². The van der Waals surface area contributed by atoms with Crippen LogP contribution in [0.5, 0.6) is 0 Å². The Balaban J connectivity index is 2.42. The van der Waals surface area contributed by atoms with Crippen LogP contribution in [0.15, 0.2) is 18.2 Å². The number of aromatic nitrogens is 1. The van der Waals surface area contributed by atoms with Crippen LogP contribution in [0, 0.1) is 13.8 Å². The highest BCUT2D eigenvalue weighted by molar-refractivity contribution is 6.00. The molecule has 0 aliphatic carbocycles. The fourth-order valence-electron chi connectivity index (χ4n) is 2.75. The van der Waals surface area contributed by atoms with E-state index in [0.717, 1.165) is 5.69 Å². The second kappa shape index (κ2) is 3.36. The van der Waals surface area contributed by atoms with Crippen molar-refractivity contribution in [3.05, 3.63) is 35.0 Å². The number of rotatable bonds is 0. The van der Waals surface area contributed by atoms with E-state index >= 15 is 0 Å². The number of nitrogens with zero attached hydrogens (tertiary/aromatic N) is 1. The van der Waals surface area contributed by atoms with E-state index in [0.29, 0.717) is 12.6 Å². The summed E-state index contributed by atoms with van der Waals surface area (Å²) in [7, 11) is 0. The number of hydrogen-bond donors (Lipinski definition) is 1. The molecule has 1 aliphatic rings. The quantitative estimate of drug-likeness (QED) is 0.738. The highest BCUT2D eigenvalue weighted by Crippen LogP contribution is 2.29. The van der Waals surface area contributed by atoms with E-state index in [1.807, 2.05) is 6.07 Å². The van der Waals surface area contributed by atoms with E-state index in [2.05, 4.69) is 42.8 Å². The SMILES string of the molecule is Cc1cc(C)c2cc3n(c2c1)C(C)CNC3=O. The molecule has 3 heteroatoms. The molecule has 1 aromatic heterocycles. The van der Waals surface area contributed by atoms with Crippen molar-refractivity contribution in [2.75, 3.05) is 6.54 Å². The van der Waals surface area contributed by atoms with Crippen molar-refractivity contribution in [3.8, 4) is 0 Å². The molecule has 88 valence electrons. The fourth-order valence-corrected chi connectivity index (χ4v) is 2.75. The number of benzene rings is 1. The van der Waals surface area contributed by atoms with Crippen molar-refractivity contribution < 1.29 is 4.79 Å². The Labute approximate surface area is 100 Å². The van der Waals surface area contributed by atoms with Gasteiger partial charge in [-0.2, -0.15) is 0 Å². The van der Waals surface area contributed by atoms with Crippen LogP contribution < -0.4 is 5.32 Å². The monoisotopic (exact) mass is 228 g/mol. The predicted molar refractivity (Wildman–Crippen MR) is 68.5 cm³/mol. The van der Waals surface area contributed by atoms with Crippen molar-refractivity contribution in [2.45, 2.75) is 26.8 Å². The first-order valence-corrected chi connectivity index (χ1v) is 5.98. The smallest absolute Gasteiger partial charge is 0.268 e. The van der Waals surface area contributed by atoms with Gasteiger partial charge in [0.1, 0.15) is 5.69 Å². The summed E-state index contributed by atoms with van der Waals surface area (Å²) in [6, 6.07) is 6.66. The normalized spacial score (nSPS) is 19.2. The fraction of sp³-hybridized carbons (Fsp3) is 0.357. The Morgan fingerprint density at radius 2 is 2.06 bits per heavy atom. The number of fused-ring (bicyclic) bond motifs is 3. The van der Waals surface area contributed by atoms with E-state index in [4.69, 9.17) is 0 Å². The molecule has 0 bridgehead atoms. The summed E-state index contributed by atoms with van der Waals surface area (Å²) in [5.41, 5.74) is 4.45. The highest BCUT2D eigenvalue weighted by Gasteiger charge is 2.24. The number of carbonyl (C=O) groups excluding carboxylic acids is 1. The molecule has 0 fully saturated rings. The lowest BCUT2D eigenvalue weighted by Gasteiger charge is -2.24. The van der Waals surface area contributed by atoms with E-state index in [1.165, 1.54) is 22.0 Å². The van der Waals surface area contributed by atoms with E-state index in [9.17, 15) is 4.79 Å². The average molecular weight is 228 g/mol. The van der Waals surface area contributed by atoms with Gasteiger partial charge in [-0.3, -0.25) is 4.79 Å². The molecule has 1 atom stereocenters. The molecule has 1 unspecified atom stereocenters. The number of nitrogens with one attached hydrogen (secondary N) is 1. The Hall–Kier alpha value is -1.77. The molecule has 1 N–H and O–H groups in total. The maximum atomic E-state index is 11.9. The second-order valence-corrected chi connectivity index (χ2v) is 4.97. The van der Waals surface area contributed by atoms with Gasteiger partial charge in [0, 0.05) is 23.5 Å². The first kappa shape index (κ1) is 10.4. The first-order valence-electron chi connectivity index (χ1n) is 5.98. The largest absolute Gasteiger partial charge is 0.349 e. The Morgan fingerprint density at radius 3 is 2.82 bits per heavy atom. The standard InChI is InChI=1S/C14H16N2O/c1-8-4-9(2)11-6-13-14(17)15-7-10(3)16(13)12(11)5-8/h4-6,10H,7H2,1-3H3,(H,15,17). The molecule has 1 amide bonds. The van der Waals surface area contributed by atoms with Crippen molar-refractivity contribution in [2.24, 2.45) is 0 Å². The van der Waals surface area contributed by atoms with Gasteiger partial charge in [0.15, 0.2) is 0 Å². The minimum absolute atomic E-state index is 0.0383. The summed E-state index contributed by atoms with van der Waals surface area (Å²) in [5, 5.41) is 4.11. The Morgan fingerprint density at radius 1 is 1.29 bits per heavy atom. The molecule has 0 spiro atoms. The minimum Gasteiger partial charge on any atom is -0.349 e. The summed E-state index contributed by atoms with van der Waals surface area (Å²) in [5.74, 6) is 0.0383. The molecular weight excluding hydrogens is 212 g/mol. The van der Waals surface area contributed by atoms with Gasteiger partial charge in [0.25, 0.3) is 5.91 Å². The molecule has 1 aromatic carbocycles. The number of hydrogen-bond acceptors (Lipinski definition) is 1. The summed E-state index contributed by atoms with van der Waals surface area (Å²) >= 11 is 0. The molecule has 1 aliphatic heterocycles. The molecule has 2 heterocycles. The van der Waals surface area contributed by atoms with Crippen LogP contribution in [0.25, 0.3) is 10.9 Å². The van der Waals surface area contributed by atoms with E-state index in [1.54, 1.807) is 0 Å². The molecule has 0 radical (unpaired) electrons. The van der Waals surface area contributed by atoms with Gasteiger partial charge in [-0.25, -0.2) is 0 Å². The maximum absolute atomic E-state index is 11.9. The van der Waals surface area contributed by atoms with Gasteiger partial charge < -0.3 is 9.88 Å². The zero-order valence-corrected chi connectivity index (χ0v) is 10.4. The lowest BCUT2D eigenvalue weighted by Crippen LogP contribution is -2.37. The third kappa shape index (κ3) is 1.38. The second-order valence-electron chi connectivity index (χ2n) is 4.97. The number of amides is 1. The van der Waals surface area contributed by atoms with Crippen LogP contribution in [0.1, 0.15) is 34.6 Å². The van der Waals surface area contributed by atoms with Crippen LogP contribution in [-0.4, -0.2) is 17.0 Å². The van der Waals surface area contributed by atoms with Gasteiger partial charge in [0.2, 0.25) is 0 Å². The van der Waals surface area contributed by atoms with Crippen LogP contribution in [-0.2, 0) is 0 Å². The lowest BCUT2D eigenvalue weighted by molar-refractivity contribution is 0.0919. The zero-order valence-electron chi connectivity index (χ0n) is 10.4. The number of carbonyl (C=O) groups is 1. The van der Waals surface area contributed by atoms with Crippen molar-refractivity contribution in [1.29, 1.82) is 0 Å². The summed E-state index contributed by atoms with van der Waals surface area (Å²) < 4.78 is 2.16. The Bertz CT molecular complexity index is 625. The molecule has 0 saturated carbocycles. The first-order chi connectivity index (χ1) is 8.08. The van der Waals surface area contributed by atoms with Crippen molar-refractivity contribution in [3.63, 3.8) is 0 Å². The molecule has 3 nitrogen and oxygen atoms in total. The summed E-state index contributed by atoms with van der Waals surface area (Å²) in [6.07, 6.45) is 0. The molecular formula is C14H16N2O. The lowest BCUT2D eigenvalue weighted by atomic mass is 10.1. The van der Waals surface area contributed by atoms with E-state index < -0.39 is 0 Å². The Kier molecular flexibility index (Phi) is 2.05. The highest BCUT2D eigenvalue weighted by atomic mass is 16.2. The molecule has 3 rings (SSSR count). The zero-order chi connectivity index (χ0) is 12.2. The molecule has 0 saturated heterocycles. The topological polar surface area (TPSA) is 34.0 Å². The van der Waals surface area contributed by atoms with Crippen molar-refractivity contribution >= 4 is 16.8 Å². The predicted octanol–water partition coefficient (Wildman–Crippen LogP) is 2.56. The van der Waals surface area contributed by atoms with E-state index in [-0.39, 0.29) is 5.91 Å². The van der Waals surface area contributed by atoms with Gasteiger partial charge in [-0.1, -0.05) is 6.07 Å². The number of aryl methyl sites for hydroxylation is 2. The minimum atomic E-state index is 0.0383. The third-order valence-electron chi connectivity index (χ3n) is 3.54.